The number of nitrogens with one attached hydrogen (secondary N) is 1. The number of hydrogen-bond donors (Lipinski definition) is 2. The van der Waals surface area contributed by atoms with E-state index < -0.39 is 0 Å². The van der Waals surface area contributed by atoms with Crippen molar-refractivity contribution in [3.63, 3.8) is 0 Å². The Hall–Kier alpha value is -2.30. The molecule has 1 aromatic carbocycles. The summed E-state index contributed by atoms with van der Waals surface area (Å²) in [4.78, 5) is 11.7. The van der Waals surface area contributed by atoms with Gasteiger partial charge in [0.1, 0.15) is 0 Å². The van der Waals surface area contributed by atoms with Crippen molar-refractivity contribution in [2.24, 2.45) is 7.05 Å². The predicted molar refractivity (Wildman–Crippen MR) is 79.1 cm³/mol. The molecule has 1 heterocycles. The zero-order valence-corrected chi connectivity index (χ0v) is 11.7. The molecule has 0 atom stereocenters. The molecule has 0 bridgehead atoms. The third-order valence-corrected chi connectivity index (χ3v) is 3.11. The zero-order valence-electron chi connectivity index (χ0n) is 11.7. The summed E-state index contributed by atoms with van der Waals surface area (Å²) in [5, 5.41) is 7.01. The minimum Gasteiger partial charge on any atom is -0.399 e. The largest absolute Gasteiger partial charge is 0.399 e. The Kier molecular flexibility index (Phi) is 4.76. The van der Waals surface area contributed by atoms with Gasteiger partial charge >= 0.3 is 0 Å². The van der Waals surface area contributed by atoms with Crippen LogP contribution < -0.4 is 11.1 Å². The molecule has 0 fully saturated rings. The number of aryl methyl sites for hydroxylation is 2. The lowest BCUT2D eigenvalue weighted by molar-refractivity contribution is -0.121. The van der Waals surface area contributed by atoms with Crippen molar-refractivity contribution in [3.8, 4) is 0 Å². The van der Waals surface area contributed by atoms with E-state index in [0.29, 0.717) is 13.0 Å². The molecule has 0 aliphatic carbocycles. The number of carbonyl (C=O) groups excluding carboxylic acids is 1. The Morgan fingerprint density at radius 1 is 1.25 bits per heavy atom. The fourth-order valence-electron chi connectivity index (χ4n) is 1.98. The Balaban J connectivity index is 1.66. The predicted octanol–water partition coefficient (Wildman–Crippen LogP) is 1.29. The van der Waals surface area contributed by atoms with Crippen LogP contribution in [0.4, 0.5) is 5.69 Å². The summed E-state index contributed by atoms with van der Waals surface area (Å²) >= 11 is 0. The van der Waals surface area contributed by atoms with E-state index in [1.807, 2.05) is 43.7 Å². The van der Waals surface area contributed by atoms with Crippen molar-refractivity contribution >= 4 is 11.6 Å². The smallest absolute Gasteiger partial charge is 0.220 e. The van der Waals surface area contributed by atoms with Gasteiger partial charge in [0, 0.05) is 31.9 Å². The van der Waals surface area contributed by atoms with Gasteiger partial charge in [0.05, 0.1) is 6.20 Å². The van der Waals surface area contributed by atoms with Crippen molar-refractivity contribution < 1.29 is 4.79 Å². The van der Waals surface area contributed by atoms with Gasteiger partial charge in [-0.3, -0.25) is 9.48 Å². The first kappa shape index (κ1) is 14.1. The first-order chi connectivity index (χ1) is 9.63. The monoisotopic (exact) mass is 272 g/mol. The Morgan fingerprint density at radius 2 is 2.00 bits per heavy atom. The number of amides is 1. The summed E-state index contributed by atoms with van der Waals surface area (Å²) < 4.78 is 1.76. The molecular formula is C15H20N4O. The molecule has 0 saturated heterocycles. The molecule has 20 heavy (non-hydrogen) atoms. The number of benzene rings is 1. The van der Waals surface area contributed by atoms with Crippen LogP contribution in [0, 0.1) is 0 Å². The van der Waals surface area contributed by atoms with Crippen LogP contribution in [0.15, 0.2) is 36.7 Å². The van der Waals surface area contributed by atoms with E-state index in [1.54, 1.807) is 4.68 Å². The highest BCUT2D eigenvalue weighted by Crippen LogP contribution is 2.07. The quantitative estimate of drug-likeness (QED) is 0.778. The lowest BCUT2D eigenvalue weighted by atomic mass is 10.1. The maximum atomic E-state index is 11.7. The fourth-order valence-corrected chi connectivity index (χ4v) is 1.98. The van der Waals surface area contributed by atoms with Gasteiger partial charge in [-0.2, -0.15) is 5.10 Å². The fraction of sp³-hybridized carbons (Fsp3) is 0.333. The molecule has 0 unspecified atom stereocenters. The number of nitrogens with two attached hydrogens (primary N) is 1. The summed E-state index contributed by atoms with van der Waals surface area (Å²) in [6.45, 7) is 0.645. The van der Waals surface area contributed by atoms with Crippen LogP contribution in [0.5, 0.6) is 0 Å². The highest BCUT2D eigenvalue weighted by Gasteiger charge is 2.03. The van der Waals surface area contributed by atoms with E-state index in [1.165, 1.54) is 0 Å². The average molecular weight is 272 g/mol. The van der Waals surface area contributed by atoms with Crippen LogP contribution in [-0.4, -0.2) is 22.2 Å². The van der Waals surface area contributed by atoms with Crippen LogP contribution in [0.2, 0.25) is 0 Å². The molecule has 5 heteroatoms. The Bertz CT molecular complexity index is 560. The van der Waals surface area contributed by atoms with Crippen LogP contribution >= 0.6 is 0 Å². The number of nitrogens with zero attached hydrogens (tertiary/aromatic N) is 2. The first-order valence-corrected chi connectivity index (χ1v) is 6.72. The van der Waals surface area contributed by atoms with Crippen molar-refractivity contribution in [3.05, 3.63) is 47.8 Å². The molecule has 2 rings (SSSR count). The maximum Gasteiger partial charge on any atom is 0.220 e. The van der Waals surface area contributed by atoms with Gasteiger partial charge in [-0.15, -0.1) is 0 Å². The molecule has 0 spiro atoms. The lowest BCUT2D eigenvalue weighted by Gasteiger charge is -2.05. The summed E-state index contributed by atoms with van der Waals surface area (Å²) in [5.41, 5.74) is 8.62. The van der Waals surface area contributed by atoms with Gasteiger partial charge in [0.2, 0.25) is 5.91 Å². The average Bonchev–Trinajstić information content (AvgIpc) is 2.84. The second-order valence-corrected chi connectivity index (χ2v) is 4.86. The summed E-state index contributed by atoms with van der Waals surface area (Å²) in [6, 6.07) is 7.63. The molecule has 0 saturated carbocycles. The molecule has 0 aliphatic rings. The SMILES string of the molecule is Cn1cc(CCNC(=O)CCc2ccc(N)cc2)cn1. The van der Waals surface area contributed by atoms with Gasteiger partial charge in [0.25, 0.3) is 0 Å². The zero-order chi connectivity index (χ0) is 14.4. The summed E-state index contributed by atoms with van der Waals surface area (Å²) in [7, 11) is 1.88. The molecular weight excluding hydrogens is 252 g/mol. The van der Waals surface area contributed by atoms with Crippen LogP contribution in [0.1, 0.15) is 17.5 Å². The number of anilines is 1. The van der Waals surface area contributed by atoms with E-state index >= 15 is 0 Å². The first-order valence-electron chi connectivity index (χ1n) is 6.72. The Morgan fingerprint density at radius 3 is 2.65 bits per heavy atom. The minimum atomic E-state index is 0.0747. The molecule has 3 N–H and O–H groups in total. The van der Waals surface area contributed by atoms with E-state index in [9.17, 15) is 4.79 Å². The van der Waals surface area contributed by atoms with Crippen molar-refractivity contribution in [1.29, 1.82) is 0 Å². The van der Waals surface area contributed by atoms with E-state index in [-0.39, 0.29) is 5.91 Å². The number of carbonyl (C=O) groups is 1. The lowest BCUT2D eigenvalue weighted by Crippen LogP contribution is -2.25. The molecule has 0 radical (unpaired) electrons. The van der Waals surface area contributed by atoms with E-state index in [0.717, 1.165) is 29.7 Å². The van der Waals surface area contributed by atoms with E-state index in [2.05, 4.69) is 10.4 Å². The minimum absolute atomic E-state index is 0.0747. The standard InChI is InChI=1S/C15H20N4O/c1-19-11-13(10-18-19)8-9-17-15(20)7-4-12-2-5-14(16)6-3-12/h2-3,5-6,10-11H,4,7-9,16H2,1H3,(H,17,20). The topological polar surface area (TPSA) is 72.9 Å². The van der Waals surface area contributed by atoms with Crippen molar-refractivity contribution in [2.45, 2.75) is 19.3 Å². The van der Waals surface area contributed by atoms with Gasteiger partial charge in [-0.1, -0.05) is 12.1 Å². The number of hydrogen-bond acceptors (Lipinski definition) is 3. The molecule has 1 aromatic heterocycles. The summed E-state index contributed by atoms with van der Waals surface area (Å²) in [6.07, 6.45) is 5.82. The molecule has 1 amide bonds. The molecule has 0 aliphatic heterocycles. The van der Waals surface area contributed by atoms with Gasteiger partial charge < -0.3 is 11.1 Å². The molecule has 106 valence electrons. The summed E-state index contributed by atoms with van der Waals surface area (Å²) in [5.74, 6) is 0.0747. The Labute approximate surface area is 118 Å². The second kappa shape index (κ2) is 6.75. The normalized spacial score (nSPS) is 10.4. The second-order valence-electron chi connectivity index (χ2n) is 4.86. The number of rotatable bonds is 6. The highest BCUT2D eigenvalue weighted by molar-refractivity contribution is 5.76. The highest BCUT2D eigenvalue weighted by atomic mass is 16.1. The van der Waals surface area contributed by atoms with Gasteiger partial charge in [-0.05, 0) is 36.1 Å². The molecule has 5 nitrogen and oxygen atoms in total. The van der Waals surface area contributed by atoms with Crippen LogP contribution in [0.3, 0.4) is 0 Å². The van der Waals surface area contributed by atoms with Crippen molar-refractivity contribution in [2.75, 3.05) is 12.3 Å². The number of nitrogen functional groups attached to an aromatic ring is 1. The number of aromatic nitrogens is 2. The van der Waals surface area contributed by atoms with Crippen LogP contribution in [0.25, 0.3) is 0 Å². The van der Waals surface area contributed by atoms with Crippen molar-refractivity contribution in [1.82, 2.24) is 15.1 Å². The van der Waals surface area contributed by atoms with Crippen LogP contribution in [-0.2, 0) is 24.7 Å². The van der Waals surface area contributed by atoms with Gasteiger partial charge in [0.15, 0.2) is 0 Å². The third-order valence-electron chi connectivity index (χ3n) is 3.11. The van der Waals surface area contributed by atoms with Gasteiger partial charge in [-0.25, -0.2) is 0 Å². The van der Waals surface area contributed by atoms with E-state index in [4.69, 9.17) is 5.73 Å². The molecule has 2 aromatic rings. The maximum absolute atomic E-state index is 11.7. The third kappa shape index (κ3) is 4.42.